The van der Waals surface area contributed by atoms with Crippen molar-refractivity contribution in [3.05, 3.63) is 0 Å². The van der Waals surface area contributed by atoms with E-state index in [9.17, 15) is 4.79 Å². The SMILES string of the molecule is CCNCCC(=O)N(CC)CCC#N. The standard InChI is InChI=1S/C10H19N3O/c1-3-12-8-6-10(14)13(4-2)9-5-7-11/h12H,3-6,8-9H2,1-2H3. The van der Waals surface area contributed by atoms with Crippen LogP contribution in [-0.4, -0.2) is 37.0 Å². The summed E-state index contributed by atoms with van der Waals surface area (Å²) in [4.78, 5) is 13.3. The minimum absolute atomic E-state index is 0.128. The Balaban J connectivity index is 3.74. The molecule has 0 aliphatic rings. The van der Waals surface area contributed by atoms with E-state index >= 15 is 0 Å². The van der Waals surface area contributed by atoms with Gasteiger partial charge in [-0.2, -0.15) is 5.26 Å². The number of carbonyl (C=O) groups is 1. The third-order valence-corrected chi connectivity index (χ3v) is 1.99. The Labute approximate surface area is 85.9 Å². The van der Waals surface area contributed by atoms with Gasteiger partial charge in [-0.1, -0.05) is 6.92 Å². The summed E-state index contributed by atoms with van der Waals surface area (Å²) in [6.07, 6.45) is 0.938. The number of nitriles is 1. The van der Waals surface area contributed by atoms with Crippen molar-refractivity contribution in [2.45, 2.75) is 26.7 Å². The van der Waals surface area contributed by atoms with Gasteiger partial charge >= 0.3 is 0 Å². The first-order valence-corrected chi connectivity index (χ1v) is 5.11. The molecule has 1 N–H and O–H groups in total. The molecule has 1 amide bonds. The number of nitrogens with one attached hydrogen (secondary N) is 1. The molecular formula is C10H19N3O. The van der Waals surface area contributed by atoms with Gasteiger partial charge in [-0.05, 0) is 13.5 Å². The second kappa shape index (κ2) is 8.52. The van der Waals surface area contributed by atoms with Gasteiger partial charge < -0.3 is 10.2 Å². The van der Waals surface area contributed by atoms with Crippen LogP contribution in [0.5, 0.6) is 0 Å². The zero-order valence-corrected chi connectivity index (χ0v) is 9.05. The highest BCUT2D eigenvalue weighted by Crippen LogP contribution is 1.95. The average Bonchev–Trinajstić information content (AvgIpc) is 2.19. The normalized spacial score (nSPS) is 9.50. The van der Waals surface area contributed by atoms with E-state index in [1.165, 1.54) is 0 Å². The molecule has 0 radical (unpaired) electrons. The van der Waals surface area contributed by atoms with Crippen LogP contribution in [0.4, 0.5) is 0 Å². The maximum absolute atomic E-state index is 11.5. The Morgan fingerprint density at radius 3 is 2.71 bits per heavy atom. The number of hydrogen-bond donors (Lipinski definition) is 1. The average molecular weight is 197 g/mol. The van der Waals surface area contributed by atoms with E-state index in [-0.39, 0.29) is 5.91 Å². The summed E-state index contributed by atoms with van der Waals surface area (Å²) in [7, 11) is 0. The summed E-state index contributed by atoms with van der Waals surface area (Å²) in [5, 5.41) is 11.5. The number of amides is 1. The lowest BCUT2D eigenvalue weighted by atomic mass is 10.3. The maximum Gasteiger partial charge on any atom is 0.223 e. The molecule has 0 saturated carbocycles. The predicted molar refractivity (Wildman–Crippen MR) is 55.6 cm³/mol. The minimum Gasteiger partial charge on any atom is -0.342 e. The second-order valence-corrected chi connectivity index (χ2v) is 2.99. The van der Waals surface area contributed by atoms with E-state index in [0.717, 1.165) is 13.1 Å². The van der Waals surface area contributed by atoms with Gasteiger partial charge in [-0.3, -0.25) is 4.79 Å². The summed E-state index contributed by atoms with van der Waals surface area (Å²) in [6.45, 7) is 6.79. The first kappa shape index (κ1) is 12.9. The first-order chi connectivity index (χ1) is 6.76. The van der Waals surface area contributed by atoms with Crippen LogP contribution >= 0.6 is 0 Å². The van der Waals surface area contributed by atoms with E-state index in [1.54, 1.807) is 4.90 Å². The van der Waals surface area contributed by atoms with Gasteiger partial charge in [0.1, 0.15) is 0 Å². The lowest BCUT2D eigenvalue weighted by Crippen LogP contribution is -2.33. The van der Waals surface area contributed by atoms with Crippen molar-refractivity contribution < 1.29 is 4.79 Å². The molecule has 0 aliphatic carbocycles. The zero-order chi connectivity index (χ0) is 10.8. The number of nitrogens with zero attached hydrogens (tertiary/aromatic N) is 2. The van der Waals surface area contributed by atoms with Crippen molar-refractivity contribution >= 4 is 5.91 Å². The van der Waals surface area contributed by atoms with Crippen LogP contribution in [0.2, 0.25) is 0 Å². The van der Waals surface area contributed by atoms with Crippen molar-refractivity contribution in [2.24, 2.45) is 0 Å². The van der Waals surface area contributed by atoms with Crippen molar-refractivity contribution in [2.75, 3.05) is 26.2 Å². The molecule has 0 atom stereocenters. The number of rotatable bonds is 7. The molecule has 0 fully saturated rings. The highest BCUT2D eigenvalue weighted by molar-refractivity contribution is 5.76. The molecule has 0 aromatic heterocycles. The van der Waals surface area contributed by atoms with E-state index in [4.69, 9.17) is 5.26 Å². The van der Waals surface area contributed by atoms with Gasteiger partial charge in [-0.15, -0.1) is 0 Å². The fourth-order valence-electron chi connectivity index (χ4n) is 1.17. The van der Waals surface area contributed by atoms with Crippen LogP contribution in [0, 0.1) is 11.3 Å². The fourth-order valence-corrected chi connectivity index (χ4v) is 1.17. The van der Waals surface area contributed by atoms with Gasteiger partial charge in [0.05, 0.1) is 12.5 Å². The Hall–Kier alpha value is -1.08. The van der Waals surface area contributed by atoms with Gasteiger partial charge in [0.25, 0.3) is 0 Å². The fraction of sp³-hybridized carbons (Fsp3) is 0.800. The van der Waals surface area contributed by atoms with Crippen LogP contribution in [0.15, 0.2) is 0 Å². The lowest BCUT2D eigenvalue weighted by molar-refractivity contribution is -0.130. The van der Waals surface area contributed by atoms with Crippen molar-refractivity contribution in [3.63, 3.8) is 0 Å². The Bertz CT molecular complexity index is 198. The molecule has 4 nitrogen and oxygen atoms in total. The van der Waals surface area contributed by atoms with Crippen LogP contribution in [-0.2, 0) is 4.79 Å². The quantitative estimate of drug-likeness (QED) is 0.613. The molecule has 0 saturated heterocycles. The second-order valence-electron chi connectivity index (χ2n) is 2.99. The number of hydrogen-bond acceptors (Lipinski definition) is 3. The summed E-state index contributed by atoms with van der Waals surface area (Å²) in [6, 6.07) is 2.05. The van der Waals surface area contributed by atoms with Crippen LogP contribution < -0.4 is 5.32 Å². The molecule has 0 heterocycles. The lowest BCUT2D eigenvalue weighted by Gasteiger charge is -2.19. The molecule has 0 spiro atoms. The Kier molecular flexibility index (Phi) is 7.86. The molecule has 4 heteroatoms. The highest BCUT2D eigenvalue weighted by atomic mass is 16.2. The molecule has 0 aliphatic heterocycles. The Morgan fingerprint density at radius 2 is 2.21 bits per heavy atom. The van der Waals surface area contributed by atoms with E-state index < -0.39 is 0 Å². The summed E-state index contributed by atoms with van der Waals surface area (Å²) in [5.74, 6) is 0.128. The minimum atomic E-state index is 0.128. The maximum atomic E-state index is 11.5. The topological polar surface area (TPSA) is 56.1 Å². The van der Waals surface area contributed by atoms with Crippen molar-refractivity contribution in [3.8, 4) is 6.07 Å². The smallest absolute Gasteiger partial charge is 0.223 e. The molecule has 80 valence electrons. The van der Waals surface area contributed by atoms with E-state index in [2.05, 4.69) is 5.32 Å². The van der Waals surface area contributed by atoms with Gasteiger partial charge in [-0.25, -0.2) is 0 Å². The van der Waals surface area contributed by atoms with Gasteiger partial charge in [0.15, 0.2) is 0 Å². The van der Waals surface area contributed by atoms with Crippen molar-refractivity contribution in [1.29, 1.82) is 5.26 Å². The third kappa shape index (κ3) is 5.55. The monoisotopic (exact) mass is 197 g/mol. The molecule has 0 aromatic rings. The molecular weight excluding hydrogens is 178 g/mol. The highest BCUT2D eigenvalue weighted by Gasteiger charge is 2.09. The zero-order valence-electron chi connectivity index (χ0n) is 9.05. The molecule has 0 rings (SSSR count). The summed E-state index contributed by atoms with van der Waals surface area (Å²) >= 11 is 0. The van der Waals surface area contributed by atoms with Gasteiger partial charge in [0.2, 0.25) is 5.91 Å². The van der Waals surface area contributed by atoms with Gasteiger partial charge in [0, 0.05) is 26.1 Å². The van der Waals surface area contributed by atoms with E-state index in [1.807, 2.05) is 19.9 Å². The predicted octanol–water partition coefficient (Wildman–Crippen LogP) is 0.748. The largest absolute Gasteiger partial charge is 0.342 e. The summed E-state index contributed by atoms with van der Waals surface area (Å²) < 4.78 is 0. The van der Waals surface area contributed by atoms with Crippen LogP contribution in [0.3, 0.4) is 0 Å². The van der Waals surface area contributed by atoms with E-state index in [0.29, 0.717) is 25.9 Å². The van der Waals surface area contributed by atoms with Crippen LogP contribution in [0.25, 0.3) is 0 Å². The number of carbonyl (C=O) groups excluding carboxylic acids is 1. The van der Waals surface area contributed by atoms with Crippen molar-refractivity contribution in [1.82, 2.24) is 10.2 Å². The molecule has 0 bridgehead atoms. The molecule has 0 aromatic carbocycles. The molecule has 0 unspecified atom stereocenters. The first-order valence-electron chi connectivity index (χ1n) is 5.11. The third-order valence-electron chi connectivity index (χ3n) is 1.99. The van der Waals surface area contributed by atoms with Crippen LogP contribution in [0.1, 0.15) is 26.7 Å². The summed E-state index contributed by atoms with van der Waals surface area (Å²) in [5.41, 5.74) is 0. The Morgan fingerprint density at radius 1 is 1.50 bits per heavy atom. The molecule has 14 heavy (non-hydrogen) atoms.